The first-order valence-electron chi connectivity index (χ1n) is 14.6. The first-order valence-corrected chi connectivity index (χ1v) is 14.6. The van der Waals surface area contributed by atoms with Crippen molar-refractivity contribution in [2.75, 3.05) is 43.9 Å². The summed E-state index contributed by atoms with van der Waals surface area (Å²) in [7, 11) is 18.2. The van der Waals surface area contributed by atoms with Crippen LogP contribution in [-0.2, 0) is 16.1 Å². The highest BCUT2D eigenvalue weighted by Crippen LogP contribution is 2.38. The van der Waals surface area contributed by atoms with Crippen molar-refractivity contribution in [1.29, 1.82) is 0 Å². The van der Waals surface area contributed by atoms with Gasteiger partial charge in [-0.1, -0.05) is 16.5 Å². The van der Waals surface area contributed by atoms with Gasteiger partial charge in [0.25, 0.3) is 11.8 Å². The van der Waals surface area contributed by atoms with Crippen LogP contribution in [0.1, 0.15) is 36.1 Å². The van der Waals surface area contributed by atoms with E-state index in [1.54, 1.807) is 25.1 Å². The van der Waals surface area contributed by atoms with Crippen LogP contribution >= 0.6 is 0 Å². The maximum absolute atomic E-state index is 13.0. The molecule has 17 heteroatoms. The zero-order valence-electron chi connectivity index (χ0n) is 24.9. The molecule has 14 nitrogen and oxygen atoms in total. The van der Waals surface area contributed by atoms with E-state index in [1.807, 2.05) is 4.90 Å². The van der Waals surface area contributed by atoms with E-state index in [9.17, 15) is 14.4 Å². The lowest BCUT2D eigenvalue weighted by Gasteiger charge is -2.23. The highest BCUT2D eigenvalue weighted by atomic mass is 16.5. The Hall–Kier alpha value is -4.40. The summed E-state index contributed by atoms with van der Waals surface area (Å²) < 4.78 is 11.4. The third-order valence-corrected chi connectivity index (χ3v) is 8.10. The molecule has 3 aromatic rings. The van der Waals surface area contributed by atoms with Crippen LogP contribution in [0.5, 0.6) is 5.75 Å². The van der Waals surface area contributed by atoms with Crippen molar-refractivity contribution in [3.05, 3.63) is 35.8 Å². The molecule has 3 aliphatic rings. The van der Waals surface area contributed by atoms with E-state index >= 15 is 0 Å². The summed E-state index contributed by atoms with van der Waals surface area (Å²) in [5, 5.41) is 18.3. The standard InChI is InChI=1S/C28H30B3N9O5/c1-14(41)40-11-16-9-39(10-17(16)12-40)13-22-34-27(45-38-22)18-4-3-5-19(24(18)44-2)32-20-8-21(33-25(42)15-6-7-15)36-37-23(20)26(43)35-28(29,30)31/h3-5,8,15-17H,6-7,9-13H2,1-2H3,(H,35,43)(H2,32,33,36,42). The largest absolute Gasteiger partial charge is 0.494 e. The summed E-state index contributed by atoms with van der Waals surface area (Å²) in [6.07, 6.45) is 1.60. The molecule has 1 saturated carbocycles. The van der Waals surface area contributed by atoms with Crippen LogP contribution in [0.3, 0.4) is 0 Å². The van der Waals surface area contributed by atoms with E-state index in [4.69, 9.17) is 32.8 Å². The lowest BCUT2D eigenvalue weighted by Crippen LogP contribution is -2.50. The number of carbonyl (C=O) groups is 3. The molecule has 3 amide bonds. The lowest BCUT2D eigenvalue weighted by molar-refractivity contribution is -0.128. The summed E-state index contributed by atoms with van der Waals surface area (Å²) >= 11 is 0. The molecule has 45 heavy (non-hydrogen) atoms. The smallest absolute Gasteiger partial charge is 0.272 e. The molecule has 3 N–H and O–H groups in total. The molecule has 0 spiro atoms. The molecule has 2 unspecified atom stereocenters. The fourth-order valence-corrected chi connectivity index (χ4v) is 5.82. The Bertz CT molecular complexity index is 1610. The predicted octanol–water partition coefficient (Wildman–Crippen LogP) is 0.384. The fourth-order valence-electron chi connectivity index (χ4n) is 5.82. The quantitative estimate of drug-likeness (QED) is 0.274. The van der Waals surface area contributed by atoms with Gasteiger partial charge in [-0.25, -0.2) is 0 Å². The molecule has 6 radical (unpaired) electrons. The molecule has 2 atom stereocenters. The third kappa shape index (κ3) is 6.98. The van der Waals surface area contributed by atoms with Crippen molar-refractivity contribution in [1.82, 2.24) is 35.5 Å². The fraction of sp³-hybridized carbons (Fsp3) is 0.464. The van der Waals surface area contributed by atoms with Crippen LogP contribution < -0.4 is 20.7 Å². The minimum Gasteiger partial charge on any atom is -0.494 e. The maximum atomic E-state index is 13.0. The molecule has 1 aliphatic carbocycles. The Morgan fingerprint density at radius 1 is 1.07 bits per heavy atom. The van der Waals surface area contributed by atoms with Crippen LogP contribution in [0.25, 0.3) is 11.5 Å². The van der Waals surface area contributed by atoms with Crippen molar-refractivity contribution in [2.45, 2.75) is 31.5 Å². The number of benzene rings is 1. The number of ether oxygens (including phenoxy) is 1. The zero-order valence-corrected chi connectivity index (χ0v) is 24.9. The second-order valence-corrected chi connectivity index (χ2v) is 11.8. The third-order valence-electron chi connectivity index (χ3n) is 8.10. The van der Waals surface area contributed by atoms with E-state index in [1.165, 1.54) is 13.2 Å². The minimum absolute atomic E-state index is 0.0724. The van der Waals surface area contributed by atoms with Crippen LogP contribution in [0.15, 0.2) is 28.8 Å². The molecule has 4 heterocycles. The second kappa shape index (κ2) is 12.2. The number of hydrogen-bond donors (Lipinski definition) is 3. The molecule has 3 fully saturated rings. The van der Waals surface area contributed by atoms with Gasteiger partial charge in [-0.05, 0) is 36.8 Å². The van der Waals surface area contributed by atoms with E-state index < -0.39 is 11.1 Å². The Kier molecular flexibility index (Phi) is 8.29. The number of para-hydroxylation sites is 1. The van der Waals surface area contributed by atoms with Crippen molar-refractivity contribution < 1.29 is 23.6 Å². The monoisotopic (exact) mass is 605 g/mol. The van der Waals surface area contributed by atoms with Crippen LogP contribution in [0, 0.1) is 17.8 Å². The minimum atomic E-state index is -2.01. The molecule has 1 aromatic carbocycles. The number of nitrogens with one attached hydrogen (secondary N) is 3. The van der Waals surface area contributed by atoms with Gasteiger partial charge in [0.15, 0.2) is 23.1 Å². The van der Waals surface area contributed by atoms with Gasteiger partial charge in [-0.2, -0.15) is 4.98 Å². The number of methoxy groups -OCH3 is 1. The zero-order chi connectivity index (χ0) is 31.9. The van der Waals surface area contributed by atoms with Gasteiger partial charge >= 0.3 is 0 Å². The molecule has 6 rings (SSSR count). The number of amides is 3. The van der Waals surface area contributed by atoms with Gasteiger partial charge in [-0.3, -0.25) is 19.3 Å². The van der Waals surface area contributed by atoms with Gasteiger partial charge in [-0.15, -0.1) is 10.2 Å². The first kappa shape index (κ1) is 30.6. The summed E-state index contributed by atoms with van der Waals surface area (Å²) in [6, 6.07) is 6.70. The Morgan fingerprint density at radius 3 is 2.44 bits per heavy atom. The highest BCUT2D eigenvalue weighted by Gasteiger charge is 2.41. The normalized spacial score (nSPS) is 19.6. The van der Waals surface area contributed by atoms with Crippen LogP contribution in [-0.4, -0.2) is 110 Å². The number of nitrogens with zero attached hydrogens (tertiary/aromatic N) is 6. The van der Waals surface area contributed by atoms with Gasteiger partial charge in [0.1, 0.15) is 0 Å². The first-order chi connectivity index (χ1) is 21.5. The van der Waals surface area contributed by atoms with E-state index in [-0.39, 0.29) is 40.8 Å². The van der Waals surface area contributed by atoms with Gasteiger partial charge in [0, 0.05) is 45.1 Å². The number of hydrogen-bond acceptors (Lipinski definition) is 11. The van der Waals surface area contributed by atoms with Crippen LogP contribution in [0.4, 0.5) is 17.2 Å². The van der Waals surface area contributed by atoms with E-state index in [0.29, 0.717) is 41.2 Å². The highest BCUT2D eigenvalue weighted by molar-refractivity contribution is 6.60. The van der Waals surface area contributed by atoms with Gasteiger partial charge in [0.05, 0.1) is 54.1 Å². The maximum Gasteiger partial charge on any atom is 0.272 e. The molecule has 2 saturated heterocycles. The van der Waals surface area contributed by atoms with Crippen molar-refractivity contribution in [2.24, 2.45) is 17.8 Å². The van der Waals surface area contributed by atoms with Crippen molar-refractivity contribution in [3.63, 3.8) is 0 Å². The summed E-state index contributed by atoms with van der Waals surface area (Å²) in [5.74, 6) is 1.21. The Balaban J connectivity index is 1.22. The Labute approximate surface area is 263 Å². The van der Waals surface area contributed by atoms with E-state index in [0.717, 1.165) is 39.0 Å². The molecule has 226 valence electrons. The predicted molar refractivity (Wildman–Crippen MR) is 165 cm³/mol. The Morgan fingerprint density at radius 2 is 1.80 bits per heavy atom. The number of anilines is 3. The van der Waals surface area contributed by atoms with Crippen LogP contribution in [0.2, 0.25) is 0 Å². The summed E-state index contributed by atoms with van der Waals surface area (Å²) in [6.45, 7) is 5.40. The summed E-state index contributed by atoms with van der Waals surface area (Å²) in [5.41, 5.74) is 0.928. The number of rotatable bonds is 10. The van der Waals surface area contributed by atoms with Gasteiger partial charge < -0.3 is 30.1 Å². The van der Waals surface area contributed by atoms with Crippen molar-refractivity contribution >= 4 is 58.5 Å². The van der Waals surface area contributed by atoms with Crippen molar-refractivity contribution in [3.8, 4) is 17.2 Å². The lowest BCUT2D eigenvalue weighted by atomic mass is 9.49. The molecule has 0 bridgehead atoms. The molecule has 2 aromatic heterocycles. The average Bonchev–Trinajstić information content (AvgIpc) is 3.43. The summed E-state index contributed by atoms with van der Waals surface area (Å²) in [4.78, 5) is 45.9. The van der Waals surface area contributed by atoms with E-state index in [2.05, 4.69) is 41.2 Å². The average molecular weight is 605 g/mol. The number of carbonyl (C=O) groups excluding carboxylic acids is 3. The number of fused-ring (bicyclic) bond motifs is 1. The SMILES string of the molecule is [B]C([B])([B])NC(=O)c1nnc(NC(=O)C2CC2)cc1Nc1cccc(-c2nc(CN3CC4CN(C(C)=O)CC4C3)no2)c1OC. The number of aromatic nitrogens is 4. The molecular weight excluding hydrogens is 575 g/mol. The molecular formula is C28H30B3N9O5. The second-order valence-electron chi connectivity index (χ2n) is 11.8. The number of likely N-dealkylation sites (tertiary alicyclic amines) is 2. The topological polar surface area (TPSA) is 168 Å². The van der Waals surface area contributed by atoms with Gasteiger partial charge in [0.2, 0.25) is 11.8 Å². The molecule has 2 aliphatic heterocycles.